The van der Waals surface area contributed by atoms with E-state index in [4.69, 9.17) is 5.26 Å². The third-order valence-corrected chi connectivity index (χ3v) is 3.51. The molecule has 0 amide bonds. The van der Waals surface area contributed by atoms with Crippen molar-refractivity contribution in [2.45, 2.75) is 25.4 Å². The first-order valence-electron chi connectivity index (χ1n) is 6.31. The van der Waals surface area contributed by atoms with Crippen LogP contribution in [0.4, 0.5) is 4.39 Å². The maximum absolute atomic E-state index is 13.9. The number of benzene rings is 1. The summed E-state index contributed by atoms with van der Waals surface area (Å²) in [7, 11) is 2.01. The Labute approximate surface area is 107 Å². The van der Waals surface area contributed by atoms with Gasteiger partial charge in [-0.05, 0) is 32.5 Å². The molecule has 3 nitrogen and oxygen atoms in total. The minimum absolute atomic E-state index is 0.127. The molecule has 0 bridgehead atoms. The first kappa shape index (κ1) is 13.0. The molecule has 1 saturated heterocycles. The summed E-state index contributed by atoms with van der Waals surface area (Å²) >= 11 is 0. The Morgan fingerprint density at radius 2 is 2.39 bits per heavy atom. The molecule has 0 saturated carbocycles. The Morgan fingerprint density at radius 1 is 1.56 bits per heavy atom. The van der Waals surface area contributed by atoms with Gasteiger partial charge in [0.1, 0.15) is 11.9 Å². The lowest BCUT2D eigenvalue weighted by atomic mass is 10.0. The Hall–Kier alpha value is -1.44. The zero-order valence-corrected chi connectivity index (χ0v) is 10.6. The molecule has 0 radical (unpaired) electrons. The van der Waals surface area contributed by atoms with E-state index in [0.29, 0.717) is 18.2 Å². The van der Waals surface area contributed by atoms with E-state index in [1.165, 1.54) is 6.07 Å². The monoisotopic (exact) mass is 247 g/mol. The molecule has 1 aliphatic heterocycles. The summed E-state index contributed by atoms with van der Waals surface area (Å²) in [5.41, 5.74) is 0.727. The smallest absolute Gasteiger partial charge is 0.145 e. The number of hydrogen-bond donors (Lipinski definition) is 1. The highest BCUT2D eigenvalue weighted by Crippen LogP contribution is 2.17. The van der Waals surface area contributed by atoms with Crippen LogP contribution in [-0.2, 0) is 6.54 Å². The van der Waals surface area contributed by atoms with Gasteiger partial charge in [-0.1, -0.05) is 12.1 Å². The van der Waals surface area contributed by atoms with Crippen molar-refractivity contribution in [1.29, 1.82) is 5.26 Å². The first-order chi connectivity index (χ1) is 8.72. The average molecular weight is 247 g/mol. The molecule has 1 aromatic rings. The summed E-state index contributed by atoms with van der Waals surface area (Å²) in [6, 6.07) is 7.34. The zero-order chi connectivity index (χ0) is 13.0. The minimum atomic E-state index is -0.379. The second-order valence-corrected chi connectivity index (χ2v) is 4.81. The van der Waals surface area contributed by atoms with Crippen molar-refractivity contribution in [3.63, 3.8) is 0 Å². The molecular formula is C14H18FN3. The van der Waals surface area contributed by atoms with Gasteiger partial charge in [-0.3, -0.25) is 4.90 Å². The van der Waals surface area contributed by atoms with Crippen molar-refractivity contribution < 1.29 is 4.39 Å². The number of halogens is 1. The van der Waals surface area contributed by atoms with E-state index in [-0.39, 0.29) is 11.4 Å². The summed E-state index contributed by atoms with van der Waals surface area (Å²) in [5, 5.41) is 12.2. The molecule has 1 heterocycles. The molecule has 1 fully saturated rings. The maximum atomic E-state index is 13.9. The van der Waals surface area contributed by atoms with Gasteiger partial charge in [0.15, 0.2) is 0 Å². The molecule has 0 spiro atoms. The maximum Gasteiger partial charge on any atom is 0.145 e. The second kappa shape index (κ2) is 5.94. The van der Waals surface area contributed by atoms with Gasteiger partial charge in [-0.25, -0.2) is 4.39 Å². The summed E-state index contributed by atoms with van der Waals surface area (Å²) < 4.78 is 13.9. The number of nitriles is 1. The highest BCUT2D eigenvalue weighted by atomic mass is 19.1. The summed E-state index contributed by atoms with van der Waals surface area (Å²) in [5.74, 6) is -0.379. The third-order valence-electron chi connectivity index (χ3n) is 3.51. The first-order valence-corrected chi connectivity index (χ1v) is 6.31. The molecule has 1 aliphatic rings. The van der Waals surface area contributed by atoms with E-state index in [1.807, 2.05) is 13.1 Å². The van der Waals surface area contributed by atoms with Crippen molar-refractivity contribution >= 4 is 0 Å². The van der Waals surface area contributed by atoms with Crippen molar-refractivity contribution in [2.24, 2.45) is 0 Å². The van der Waals surface area contributed by atoms with Crippen LogP contribution in [0.3, 0.4) is 0 Å². The highest BCUT2D eigenvalue weighted by Gasteiger charge is 2.19. The fraction of sp³-hybridized carbons (Fsp3) is 0.500. The Morgan fingerprint density at radius 3 is 3.06 bits per heavy atom. The van der Waals surface area contributed by atoms with E-state index in [2.05, 4.69) is 10.2 Å². The molecular weight excluding hydrogens is 229 g/mol. The molecule has 1 aromatic carbocycles. The molecule has 2 rings (SSSR count). The van der Waals surface area contributed by atoms with Gasteiger partial charge in [0.25, 0.3) is 0 Å². The third kappa shape index (κ3) is 2.87. The number of nitrogens with zero attached hydrogens (tertiary/aromatic N) is 2. The Bertz CT molecular complexity index is 447. The van der Waals surface area contributed by atoms with Crippen LogP contribution in [0, 0.1) is 17.1 Å². The van der Waals surface area contributed by atoms with E-state index >= 15 is 0 Å². The second-order valence-electron chi connectivity index (χ2n) is 4.81. The lowest BCUT2D eigenvalue weighted by molar-refractivity contribution is 0.194. The number of rotatable bonds is 3. The van der Waals surface area contributed by atoms with E-state index in [1.54, 1.807) is 12.1 Å². The van der Waals surface area contributed by atoms with Crippen LogP contribution in [0.25, 0.3) is 0 Å². The fourth-order valence-electron chi connectivity index (χ4n) is 2.40. The molecule has 0 aromatic heterocycles. The van der Waals surface area contributed by atoms with Crippen LogP contribution in [0.1, 0.15) is 24.0 Å². The molecule has 4 heteroatoms. The van der Waals surface area contributed by atoms with E-state index in [0.717, 1.165) is 25.9 Å². The van der Waals surface area contributed by atoms with Crippen LogP contribution in [0.15, 0.2) is 18.2 Å². The van der Waals surface area contributed by atoms with Gasteiger partial charge in [0, 0.05) is 24.7 Å². The van der Waals surface area contributed by atoms with Crippen molar-refractivity contribution in [2.75, 3.05) is 20.1 Å². The lowest BCUT2D eigenvalue weighted by Crippen LogP contribution is -2.43. The van der Waals surface area contributed by atoms with Crippen LogP contribution in [0.2, 0.25) is 0 Å². The van der Waals surface area contributed by atoms with Crippen molar-refractivity contribution in [3.8, 4) is 6.07 Å². The quantitative estimate of drug-likeness (QED) is 0.886. The molecule has 1 N–H and O–H groups in total. The van der Waals surface area contributed by atoms with Gasteiger partial charge in [-0.15, -0.1) is 0 Å². The average Bonchev–Trinajstić information content (AvgIpc) is 2.42. The van der Waals surface area contributed by atoms with E-state index in [9.17, 15) is 4.39 Å². The number of hydrogen-bond acceptors (Lipinski definition) is 3. The van der Waals surface area contributed by atoms with Gasteiger partial charge >= 0.3 is 0 Å². The summed E-state index contributed by atoms with van der Waals surface area (Å²) in [6.07, 6.45) is 2.30. The van der Waals surface area contributed by atoms with Crippen LogP contribution >= 0.6 is 0 Å². The summed E-state index contributed by atoms with van der Waals surface area (Å²) in [4.78, 5) is 2.16. The standard InChI is InChI=1S/C14H18FN3/c1-18(13-6-3-7-17-9-13)10-12-5-2-4-11(8-16)14(12)15/h2,4-5,13,17H,3,6-7,9-10H2,1H3. The molecule has 1 unspecified atom stereocenters. The van der Waals surface area contributed by atoms with Gasteiger partial charge in [0.2, 0.25) is 0 Å². The molecule has 18 heavy (non-hydrogen) atoms. The molecule has 96 valence electrons. The predicted molar refractivity (Wildman–Crippen MR) is 68.5 cm³/mol. The number of likely N-dealkylation sites (N-methyl/N-ethyl adjacent to an activating group) is 1. The number of piperidine rings is 1. The largest absolute Gasteiger partial charge is 0.315 e. The van der Waals surface area contributed by atoms with Gasteiger partial charge < -0.3 is 5.32 Å². The van der Waals surface area contributed by atoms with E-state index < -0.39 is 0 Å². The summed E-state index contributed by atoms with van der Waals surface area (Å²) in [6.45, 7) is 2.58. The Kier molecular flexibility index (Phi) is 4.29. The van der Waals surface area contributed by atoms with Crippen LogP contribution in [0.5, 0.6) is 0 Å². The van der Waals surface area contributed by atoms with Gasteiger partial charge in [0.05, 0.1) is 5.56 Å². The SMILES string of the molecule is CN(Cc1cccc(C#N)c1F)C1CCCNC1. The number of nitrogens with one attached hydrogen (secondary N) is 1. The lowest BCUT2D eigenvalue weighted by Gasteiger charge is -2.31. The molecule has 1 atom stereocenters. The fourth-order valence-corrected chi connectivity index (χ4v) is 2.40. The highest BCUT2D eigenvalue weighted by molar-refractivity contribution is 5.34. The Balaban J connectivity index is 2.07. The van der Waals surface area contributed by atoms with Crippen molar-refractivity contribution in [1.82, 2.24) is 10.2 Å². The van der Waals surface area contributed by atoms with Gasteiger partial charge in [-0.2, -0.15) is 5.26 Å². The minimum Gasteiger partial charge on any atom is -0.315 e. The van der Waals surface area contributed by atoms with Crippen LogP contribution < -0.4 is 5.32 Å². The molecule has 0 aliphatic carbocycles. The predicted octanol–water partition coefficient (Wildman–Crippen LogP) is 1.88. The van der Waals surface area contributed by atoms with Crippen LogP contribution in [-0.4, -0.2) is 31.1 Å². The topological polar surface area (TPSA) is 39.1 Å². The zero-order valence-electron chi connectivity index (χ0n) is 10.6. The van der Waals surface area contributed by atoms with Crippen molar-refractivity contribution in [3.05, 3.63) is 35.1 Å². The normalized spacial score (nSPS) is 19.8.